The fourth-order valence-electron chi connectivity index (χ4n) is 1.58. The van der Waals surface area contributed by atoms with Gasteiger partial charge in [-0.05, 0) is 24.7 Å². The van der Waals surface area contributed by atoms with Gasteiger partial charge in [0.05, 0.1) is 0 Å². The van der Waals surface area contributed by atoms with Crippen molar-refractivity contribution in [1.29, 1.82) is 0 Å². The fourth-order valence-corrected chi connectivity index (χ4v) is 1.58. The second kappa shape index (κ2) is 3.05. The summed E-state index contributed by atoms with van der Waals surface area (Å²) in [6.07, 6.45) is 8.62. The Morgan fingerprint density at radius 2 is 2.00 bits per heavy atom. The van der Waals surface area contributed by atoms with Gasteiger partial charge in [0.25, 0.3) is 0 Å². The molecule has 1 aliphatic rings. The Bertz CT molecular complexity index is 103. The standard InChI is InChI=1S/C9H16/c1-3-9-7-5-4-6-8(9)2/h4-5,8-9H,3,6-7H2,1-2H3. The predicted molar refractivity (Wildman–Crippen MR) is 41.3 cm³/mol. The van der Waals surface area contributed by atoms with E-state index < -0.39 is 0 Å². The molecule has 0 radical (unpaired) electrons. The minimum Gasteiger partial charge on any atom is -0.0883 e. The van der Waals surface area contributed by atoms with Crippen LogP contribution in [0.2, 0.25) is 0 Å². The van der Waals surface area contributed by atoms with Crippen molar-refractivity contribution in [3.05, 3.63) is 12.2 Å². The van der Waals surface area contributed by atoms with E-state index >= 15 is 0 Å². The molecule has 2 atom stereocenters. The van der Waals surface area contributed by atoms with Gasteiger partial charge in [-0.25, -0.2) is 0 Å². The van der Waals surface area contributed by atoms with Crippen LogP contribution in [0.4, 0.5) is 0 Å². The lowest BCUT2D eigenvalue weighted by Gasteiger charge is -2.23. The molecule has 0 nitrogen and oxygen atoms in total. The van der Waals surface area contributed by atoms with Gasteiger partial charge in [-0.2, -0.15) is 0 Å². The largest absolute Gasteiger partial charge is 0.0883 e. The van der Waals surface area contributed by atoms with Gasteiger partial charge in [-0.15, -0.1) is 0 Å². The van der Waals surface area contributed by atoms with Crippen molar-refractivity contribution in [2.75, 3.05) is 0 Å². The molecule has 1 rings (SSSR count). The zero-order valence-electron chi connectivity index (χ0n) is 6.43. The van der Waals surface area contributed by atoms with Crippen molar-refractivity contribution in [2.45, 2.75) is 33.1 Å². The molecule has 0 heteroatoms. The summed E-state index contributed by atoms with van der Waals surface area (Å²) in [6.45, 7) is 4.65. The first kappa shape index (κ1) is 6.85. The molecule has 0 aromatic carbocycles. The van der Waals surface area contributed by atoms with Gasteiger partial charge >= 0.3 is 0 Å². The molecule has 9 heavy (non-hydrogen) atoms. The molecular formula is C9H16. The van der Waals surface area contributed by atoms with E-state index in [4.69, 9.17) is 0 Å². The van der Waals surface area contributed by atoms with E-state index in [1.165, 1.54) is 19.3 Å². The molecule has 52 valence electrons. The summed E-state index contributed by atoms with van der Waals surface area (Å²) in [6, 6.07) is 0. The summed E-state index contributed by atoms with van der Waals surface area (Å²) in [4.78, 5) is 0. The van der Waals surface area contributed by atoms with Crippen LogP contribution in [0.15, 0.2) is 12.2 Å². The number of hydrogen-bond donors (Lipinski definition) is 0. The number of hydrogen-bond acceptors (Lipinski definition) is 0. The normalized spacial score (nSPS) is 34.9. The second-order valence-electron chi connectivity index (χ2n) is 3.09. The lowest BCUT2D eigenvalue weighted by molar-refractivity contribution is 0.339. The molecule has 2 unspecified atom stereocenters. The fraction of sp³-hybridized carbons (Fsp3) is 0.778. The maximum Gasteiger partial charge on any atom is -0.0320 e. The summed E-state index contributed by atoms with van der Waals surface area (Å²) < 4.78 is 0. The van der Waals surface area contributed by atoms with Gasteiger partial charge in [0.2, 0.25) is 0 Å². The Labute approximate surface area is 58.0 Å². The maximum atomic E-state index is 2.36. The van der Waals surface area contributed by atoms with Crippen LogP contribution in [-0.2, 0) is 0 Å². The van der Waals surface area contributed by atoms with E-state index in [0.29, 0.717) is 0 Å². The van der Waals surface area contributed by atoms with Crippen LogP contribution in [0, 0.1) is 11.8 Å². The molecule has 0 saturated heterocycles. The highest BCUT2D eigenvalue weighted by Crippen LogP contribution is 2.26. The van der Waals surface area contributed by atoms with E-state index in [9.17, 15) is 0 Å². The molecule has 0 aromatic heterocycles. The third-order valence-corrected chi connectivity index (χ3v) is 2.44. The van der Waals surface area contributed by atoms with Crippen LogP contribution in [0.1, 0.15) is 33.1 Å². The van der Waals surface area contributed by atoms with Gasteiger partial charge < -0.3 is 0 Å². The Kier molecular flexibility index (Phi) is 2.32. The summed E-state index contributed by atoms with van der Waals surface area (Å²) in [5.41, 5.74) is 0. The molecule has 0 heterocycles. The van der Waals surface area contributed by atoms with Crippen LogP contribution in [0.5, 0.6) is 0 Å². The molecule has 0 fully saturated rings. The van der Waals surface area contributed by atoms with Crippen molar-refractivity contribution < 1.29 is 0 Å². The first-order valence-corrected chi connectivity index (χ1v) is 3.99. The van der Waals surface area contributed by atoms with Crippen LogP contribution in [0.25, 0.3) is 0 Å². The molecule has 1 aliphatic carbocycles. The Hall–Kier alpha value is -0.260. The van der Waals surface area contributed by atoms with Gasteiger partial charge in [-0.3, -0.25) is 0 Å². The topological polar surface area (TPSA) is 0 Å². The highest BCUT2D eigenvalue weighted by atomic mass is 14.2. The van der Waals surface area contributed by atoms with Crippen LogP contribution in [-0.4, -0.2) is 0 Å². The van der Waals surface area contributed by atoms with Crippen molar-refractivity contribution in [3.63, 3.8) is 0 Å². The third-order valence-electron chi connectivity index (χ3n) is 2.44. The van der Waals surface area contributed by atoms with E-state index in [1.807, 2.05) is 0 Å². The first-order valence-electron chi connectivity index (χ1n) is 3.99. The second-order valence-corrected chi connectivity index (χ2v) is 3.09. The Morgan fingerprint density at radius 1 is 1.33 bits per heavy atom. The van der Waals surface area contributed by atoms with E-state index in [1.54, 1.807) is 0 Å². The summed E-state index contributed by atoms with van der Waals surface area (Å²) in [5.74, 6) is 1.90. The lowest BCUT2D eigenvalue weighted by Crippen LogP contribution is -2.11. The van der Waals surface area contributed by atoms with Crippen molar-refractivity contribution in [3.8, 4) is 0 Å². The zero-order valence-corrected chi connectivity index (χ0v) is 6.43. The van der Waals surface area contributed by atoms with E-state index in [-0.39, 0.29) is 0 Å². The molecular weight excluding hydrogens is 108 g/mol. The van der Waals surface area contributed by atoms with Gasteiger partial charge in [-0.1, -0.05) is 32.4 Å². The minimum absolute atomic E-state index is 0.931. The average molecular weight is 124 g/mol. The summed E-state index contributed by atoms with van der Waals surface area (Å²) in [7, 11) is 0. The maximum absolute atomic E-state index is 2.36. The predicted octanol–water partition coefficient (Wildman–Crippen LogP) is 3.00. The Balaban J connectivity index is 2.43. The summed E-state index contributed by atoms with van der Waals surface area (Å²) in [5, 5.41) is 0. The molecule has 0 spiro atoms. The highest BCUT2D eigenvalue weighted by Gasteiger charge is 2.14. The highest BCUT2D eigenvalue weighted by molar-refractivity contribution is 4.92. The molecule has 0 bridgehead atoms. The number of allylic oxidation sites excluding steroid dienone is 2. The summed E-state index contributed by atoms with van der Waals surface area (Å²) >= 11 is 0. The molecule has 0 amide bonds. The minimum atomic E-state index is 0.931. The SMILES string of the molecule is CCC1CC=CCC1C. The molecule has 0 aliphatic heterocycles. The first-order chi connectivity index (χ1) is 4.34. The lowest BCUT2D eigenvalue weighted by atomic mass is 9.83. The van der Waals surface area contributed by atoms with Crippen molar-refractivity contribution >= 4 is 0 Å². The molecule has 0 N–H and O–H groups in total. The van der Waals surface area contributed by atoms with Gasteiger partial charge in [0, 0.05) is 0 Å². The molecule has 0 aromatic rings. The monoisotopic (exact) mass is 124 g/mol. The van der Waals surface area contributed by atoms with Crippen LogP contribution >= 0.6 is 0 Å². The average Bonchev–Trinajstić information content (AvgIpc) is 1.89. The van der Waals surface area contributed by atoms with Gasteiger partial charge in [0.1, 0.15) is 0 Å². The Morgan fingerprint density at radius 3 is 2.44 bits per heavy atom. The zero-order chi connectivity index (χ0) is 6.69. The number of rotatable bonds is 1. The van der Waals surface area contributed by atoms with Crippen molar-refractivity contribution in [2.24, 2.45) is 11.8 Å². The van der Waals surface area contributed by atoms with E-state index in [0.717, 1.165) is 11.8 Å². The van der Waals surface area contributed by atoms with Crippen molar-refractivity contribution in [1.82, 2.24) is 0 Å². The third kappa shape index (κ3) is 1.57. The van der Waals surface area contributed by atoms with E-state index in [2.05, 4.69) is 26.0 Å². The smallest absolute Gasteiger partial charge is 0.0320 e. The van der Waals surface area contributed by atoms with Crippen LogP contribution < -0.4 is 0 Å². The van der Waals surface area contributed by atoms with Gasteiger partial charge in [0.15, 0.2) is 0 Å². The molecule has 0 saturated carbocycles. The quantitative estimate of drug-likeness (QED) is 0.471. The van der Waals surface area contributed by atoms with Crippen LogP contribution in [0.3, 0.4) is 0 Å².